The van der Waals surface area contributed by atoms with Crippen LogP contribution in [0.4, 0.5) is 4.39 Å². The third-order valence-electron chi connectivity index (χ3n) is 3.22. The summed E-state index contributed by atoms with van der Waals surface area (Å²) in [6, 6.07) is 5.46. The second-order valence-electron chi connectivity index (χ2n) is 4.51. The van der Waals surface area contributed by atoms with Crippen molar-refractivity contribution in [3.8, 4) is 0 Å². The van der Waals surface area contributed by atoms with Crippen LogP contribution < -0.4 is 0 Å². The van der Waals surface area contributed by atoms with Crippen molar-refractivity contribution in [2.24, 2.45) is 0 Å². The lowest BCUT2D eigenvalue weighted by Crippen LogP contribution is -2.46. The van der Waals surface area contributed by atoms with Crippen molar-refractivity contribution < 1.29 is 23.8 Å². The van der Waals surface area contributed by atoms with Crippen LogP contribution in [-0.4, -0.2) is 35.7 Å². The summed E-state index contributed by atoms with van der Waals surface area (Å²) >= 11 is 1.54. The van der Waals surface area contributed by atoms with Gasteiger partial charge >= 0.3 is 11.9 Å². The fourth-order valence-corrected chi connectivity index (χ4v) is 2.63. The summed E-state index contributed by atoms with van der Waals surface area (Å²) in [5.41, 5.74) is -2.13. The van der Waals surface area contributed by atoms with E-state index in [0.29, 0.717) is 12.2 Å². The van der Waals surface area contributed by atoms with Gasteiger partial charge in [-0.05, 0) is 37.8 Å². The van der Waals surface area contributed by atoms with Crippen molar-refractivity contribution in [2.45, 2.75) is 25.2 Å². The van der Waals surface area contributed by atoms with E-state index < -0.39 is 23.2 Å². The van der Waals surface area contributed by atoms with Crippen LogP contribution in [0.15, 0.2) is 24.3 Å². The normalized spacial score (nSPS) is 13.5. The highest BCUT2D eigenvalue weighted by molar-refractivity contribution is 7.98. The van der Waals surface area contributed by atoms with Gasteiger partial charge in [0.15, 0.2) is 5.41 Å². The fourth-order valence-electron chi connectivity index (χ4n) is 2.20. The van der Waals surface area contributed by atoms with Gasteiger partial charge in [-0.25, -0.2) is 4.39 Å². The summed E-state index contributed by atoms with van der Waals surface area (Å²) in [6.45, 7) is 1.64. The Morgan fingerprint density at radius 1 is 1.38 bits per heavy atom. The Hall–Kier alpha value is -1.56. The first-order valence-corrected chi connectivity index (χ1v) is 8.04. The molecule has 0 saturated heterocycles. The molecule has 0 aliphatic carbocycles. The molecule has 0 saturated carbocycles. The molecule has 1 aromatic rings. The maximum Gasteiger partial charge on any atom is 0.328 e. The minimum Gasteiger partial charge on any atom is -0.480 e. The Labute approximate surface area is 127 Å². The van der Waals surface area contributed by atoms with Gasteiger partial charge in [-0.2, -0.15) is 11.8 Å². The highest BCUT2D eigenvalue weighted by atomic mass is 32.2. The minimum absolute atomic E-state index is 0.00292. The average molecular weight is 314 g/mol. The SMILES string of the molecule is CCOC(=O)C(CCCSC)(C(=O)O)c1ccccc1F. The van der Waals surface area contributed by atoms with Crippen LogP contribution in [0, 0.1) is 5.82 Å². The molecule has 1 aromatic carbocycles. The summed E-state index contributed by atoms with van der Waals surface area (Å²) in [6.07, 6.45) is 2.36. The molecule has 0 radical (unpaired) electrons. The molecule has 116 valence electrons. The van der Waals surface area contributed by atoms with Crippen molar-refractivity contribution in [2.75, 3.05) is 18.6 Å². The van der Waals surface area contributed by atoms with E-state index in [2.05, 4.69) is 0 Å². The van der Waals surface area contributed by atoms with Crippen molar-refractivity contribution >= 4 is 23.7 Å². The zero-order valence-electron chi connectivity index (χ0n) is 12.1. The molecule has 1 atom stereocenters. The first-order chi connectivity index (χ1) is 10.0. The van der Waals surface area contributed by atoms with Gasteiger partial charge in [0.25, 0.3) is 0 Å². The van der Waals surface area contributed by atoms with Crippen LogP contribution in [0.25, 0.3) is 0 Å². The third kappa shape index (κ3) is 3.75. The highest BCUT2D eigenvalue weighted by Crippen LogP contribution is 2.34. The Morgan fingerprint density at radius 3 is 2.57 bits per heavy atom. The number of rotatable bonds is 8. The average Bonchev–Trinajstić information content (AvgIpc) is 2.44. The van der Waals surface area contributed by atoms with E-state index >= 15 is 0 Å². The molecule has 21 heavy (non-hydrogen) atoms. The fraction of sp³-hybridized carbons (Fsp3) is 0.467. The van der Waals surface area contributed by atoms with Crippen LogP contribution >= 0.6 is 11.8 Å². The molecule has 0 heterocycles. The second-order valence-corrected chi connectivity index (χ2v) is 5.49. The number of hydrogen-bond donors (Lipinski definition) is 1. The number of benzene rings is 1. The van der Waals surface area contributed by atoms with Gasteiger partial charge in [-0.1, -0.05) is 18.2 Å². The maximum absolute atomic E-state index is 14.1. The van der Waals surface area contributed by atoms with Crippen molar-refractivity contribution in [3.05, 3.63) is 35.6 Å². The predicted octanol–water partition coefficient (Wildman–Crippen LogP) is 2.85. The lowest BCUT2D eigenvalue weighted by molar-refractivity contribution is -0.162. The molecule has 0 fully saturated rings. The number of carboxylic acid groups (broad SMARTS) is 1. The number of carboxylic acids is 1. The molecule has 6 heteroatoms. The number of esters is 1. The van der Waals surface area contributed by atoms with Gasteiger partial charge in [-0.3, -0.25) is 9.59 Å². The van der Waals surface area contributed by atoms with E-state index in [1.165, 1.54) is 30.0 Å². The number of carbonyl (C=O) groups excluding carboxylic acids is 1. The maximum atomic E-state index is 14.1. The van der Waals surface area contributed by atoms with Gasteiger partial charge in [0.1, 0.15) is 5.82 Å². The third-order valence-corrected chi connectivity index (χ3v) is 3.92. The van der Waals surface area contributed by atoms with Gasteiger partial charge in [0.05, 0.1) is 6.61 Å². The zero-order valence-corrected chi connectivity index (χ0v) is 12.9. The first-order valence-electron chi connectivity index (χ1n) is 6.65. The van der Waals surface area contributed by atoms with Crippen LogP contribution in [0.1, 0.15) is 25.3 Å². The predicted molar refractivity (Wildman–Crippen MR) is 80.0 cm³/mol. The van der Waals surface area contributed by atoms with E-state index in [1.54, 1.807) is 6.92 Å². The van der Waals surface area contributed by atoms with Crippen LogP contribution in [-0.2, 0) is 19.7 Å². The molecule has 0 spiro atoms. The lowest BCUT2D eigenvalue weighted by atomic mass is 9.76. The summed E-state index contributed by atoms with van der Waals surface area (Å²) in [5, 5.41) is 9.62. The molecule has 0 amide bonds. The minimum atomic E-state index is -1.99. The van der Waals surface area contributed by atoms with E-state index in [4.69, 9.17) is 4.74 Å². The molecule has 4 nitrogen and oxygen atoms in total. The first kappa shape index (κ1) is 17.5. The molecule has 1 N–H and O–H groups in total. The molecule has 0 aliphatic heterocycles. The Morgan fingerprint density at radius 2 is 2.05 bits per heavy atom. The van der Waals surface area contributed by atoms with Crippen LogP contribution in [0.3, 0.4) is 0 Å². The zero-order chi connectivity index (χ0) is 15.9. The van der Waals surface area contributed by atoms with E-state index in [-0.39, 0.29) is 18.6 Å². The molecular formula is C15H19FO4S. The van der Waals surface area contributed by atoms with Crippen molar-refractivity contribution in [3.63, 3.8) is 0 Å². The molecular weight excluding hydrogens is 295 g/mol. The number of ether oxygens (including phenoxy) is 1. The highest BCUT2D eigenvalue weighted by Gasteiger charge is 2.50. The molecule has 0 bridgehead atoms. The Bertz CT molecular complexity index is 506. The summed E-state index contributed by atoms with van der Waals surface area (Å²) in [7, 11) is 0. The van der Waals surface area contributed by atoms with E-state index in [9.17, 15) is 19.1 Å². The monoisotopic (exact) mass is 314 g/mol. The Balaban J connectivity index is 3.33. The quantitative estimate of drug-likeness (QED) is 0.454. The summed E-state index contributed by atoms with van der Waals surface area (Å²) in [5.74, 6) is -2.32. The van der Waals surface area contributed by atoms with Gasteiger partial charge < -0.3 is 9.84 Å². The molecule has 0 aromatic heterocycles. The van der Waals surface area contributed by atoms with E-state index in [1.807, 2.05) is 6.26 Å². The second kappa shape index (κ2) is 8.02. The number of carbonyl (C=O) groups is 2. The van der Waals surface area contributed by atoms with Gasteiger partial charge in [0.2, 0.25) is 0 Å². The molecule has 1 unspecified atom stereocenters. The van der Waals surface area contributed by atoms with Crippen LogP contribution in [0.2, 0.25) is 0 Å². The van der Waals surface area contributed by atoms with Crippen molar-refractivity contribution in [1.29, 1.82) is 0 Å². The smallest absolute Gasteiger partial charge is 0.328 e. The van der Waals surface area contributed by atoms with Gasteiger partial charge in [0, 0.05) is 5.56 Å². The number of hydrogen-bond acceptors (Lipinski definition) is 4. The summed E-state index contributed by atoms with van der Waals surface area (Å²) < 4.78 is 19.0. The molecule has 1 rings (SSSR count). The number of halogens is 1. The topological polar surface area (TPSA) is 63.6 Å². The Kier molecular flexibility index (Phi) is 6.68. The largest absolute Gasteiger partial charge is 0.480 e. The number of aliphatic carboxylic acids is 1. The molecule has 0 aliphatic rings. The van der Waals surface area contributed by atoms with Crippen LogP contribution in [0.5, 0.6) is 0 Å². The summed E-state index contributed by atoms with van der Waals surface area (Å²) in [4.78, 5) is 24.1. The number of thioether (sulfide) groups is 1. The lowest BCUT2D eigenvalue weighted by Gasteiger charge is -2.28. The standard InChI is InChI=1S/C15H19FO4S/c1-3-20-14(19)15(13(17)18,9-6-10-21-2)11-7-4-5-8-12(11)16/h4-5,7-8H,3,6,9-10H2,1-2H3,(H,17,18). The van der Waals surface area contributed by atoms with Crippen molar-refractivity contribution in [1.82, 2.24) is 0 Å². The van der Waals surface area contributed by atoms with Gasteiger partial charge in [-0.15, -0.1) is 0 Å². The van der Waals surface area contributed by atoms with E-state index in [0.717, 1.165) is 6.07 Å².